The maximum absolute atomic E-state index is 13.0. The molecule has 0 aliphatic heterocycles. The van der Waals surface area contributed by atoms with Gasteiger partial charge in [0.2, 0.25) is 11.8 Å². The van der Waals surface area contributed by atoms with E-state index in [0.717, 1.165) is 0 Å². The number of primary amides is 1. The first-order valence-corrected chi connectivity index (χ1v) is 10.2. The molecule has 32 heavy (non-hydrogen) atoms. The Bertz CT molecular complexity index is 979. The minimum absolute atomic E-state index is 0.0502. The third-order valence-corrected chi connectivity index (χ3v) is 4.79. The highest BCUT2D eigenvalue weighted by atomic mass is 19.4. The molecule has 0 radical (unpaired) electrons. The van der Waals surface area contributed by atoms with Crippen LogP contribution in [0.1, 0.15) is 50.5 Å². The largest absolute Gasteiger partial charge is 0.389 e. The van der Waals surface area contributed by atoms with E-state index in [9.17, 15) is 27.6 Å². The molecule has 0 fully saturated rings. The molecule has 0 spiro atoms. The molecule has 3 amide bonds. The second-order valence-electron chi connectivity index (χ2n) is 8.62. The standard InChI is InChI=1S/C21H28F3N5O3/c1-20(2,3)17(19(32)26-12-15(25)30)27-18(31)16-13-8-4-5-9-14(13)29(28-16)11-7-6-10-21(22,23)24/h4-5,8-9,17H,6-7,10-12H2,1-3H3,(H2,25,30)(H,26,32)(H,27,31)/t17-/m1/s1. The Morgan fingerprint density at radius 3 is 2.38 bits per heavy atom. The quantitative estimate of drug-likeness (QED) is 0.504. The van der Waals surface area contributed by atoms with Crippen molar-refractivity contribution in [1.29, 1.82) is 0 Å². The summed E-state index contributed by atoms with van der Waals surface area (Å²) in [6.45, 7) is 5.10. The monoisotopic (exact) mass is 455 g/mol. The number of hydrogen-bond donors (Lipinski definition) is 3. The maximum atomic E-state index is 13.0. The number of amides is 3. The number of benzene rings is 1. The molecule has 0 saturated heterocycles. The van der Waals surface area contributed by atoms with Crippen molar-refractivity contribution in [3.63, 3.8) is 0 Å². The molecule has 1 atom stereocenters. The molecular formula is C21H28F3N5O3. The van der Waals surface area contributed by atoms with Crippen molar-refractivity contribution >= 4 is 28.6 Å². The summed E-state index contributed by atoms with van der Waals surface area (Å²) in [7, 11) is 0. The molecule has 0 saturated carbocycles. The number of unbranched alkanes of at least 4 members (excludes halogenated alkanes) is 1. The highest BCUT2D eigenvalue weighted by Crippen LogP contribution is 2.24. The van der Waals surface area contributed by atoms with Crippen LogP contribution in [0.3, 0.4) is 0 Å². The SMILES string of the molecule is CC(C)(C)[C@H](NC(=O)c1nn(CCCCC(F)(F)F)c2ccccc12)C(=O)NCC(N)=O. The summed E-state index contributed by atoms with van der Waals surface area (Å²) < 4.78 is 38.7. The molecule has 176 valence electrons. The summed E-state index contributed by atoms with van der Waals surface area (Å²) in [5.74, 6) is -1.89. The molecule has 0 aliphatic carbocycles. The van der Waals surface area contributed by atoms with E-state index in [1.54, 1.807) is 45.0 Å². The number of halogens is 3. The number of nitrogens with one attached hydrogen (secondary N) is 2. The summed E-state index contributed by atoms with van der Waals surface area (Å²) in [5, 5.41) is 9.88. The Hall–Kier alpha value is -3.11. The first kappa shape index (κ1) is 25.2. The Labute approximate surface area is 183 Å². The van der Waals surface area contributed by atoms with Crippen molar-refractivity contribution in [3.05, 3.63) is 30.0 Å². The minimum atomic E-state index is -4.21. The first-order chi connectivity index (χ1) is 14.8. The average molecular weight is 455 g/mol. The lowest BCUT2D eigenvalue weighted by molar-refractivity contribution is -0.135. The lowest BCUT2D eigenvalue weighted by Crippen LogP contribution is -2.54. The summed E-state index contributed by atoms with van der Waals surface area (Å²) >= 11 is 0. The van der Waals surface area contributed by atoms with E-state index in [-0.39, 0.29) is 31.6 Å². The van der Waals surface area contributed by atoms with Crippen molar-refractivity contribution in [1.82, 2.24) is 20.4 Å². The normalized spacial score (nSPS) is 13.1. The first-order valence-electron chi connectivity index (χ1n) is 10.2. The zero-order valence-corrected chi connectivity index (χ0v) is 18.3. The van der Waals surface area contributed by atoms with Gasteiger partial charge < -0.3 is 16.4 Å². The number of nitrogens with zero attached hydrogens (tertiary/aromatic N) is 2. The molecule has 2 aromatic rings. The van der Waals surface area contributed by atoms with Crippen molar-refractivity contribution in [2.75, 3.05) is 6.54 Å². The Morgan fingerprint density at radius 1 is 1.12 bits per heavy atom. The van der Waals surface area contributed by atoms with E-state index >= 15 is 0 Å². The van der Waals surface area contributed by atoms with E-state index in [0.29, 0.717) is 10.9 Å². The Balaban J connectivity index is 2.22. The van der Waals surface area contributed by atoms with Crippen LogP contribution in [0.25, 0.3) is 10.9 Å². The van der Waals surface area contributed by atoms with Gasteiger partial charge in [-0.2, -0.15) is 18.3 Å². The van der Waals surface area contributed by atoms with Crippen molar-refractivity contribution < 1.29 is 27.6 Å². The van der Waals surface area contributed by atoms with Gasteiger partial charge in [0.15, 0.2) is 5.69 Å². The molecule has 1 heterocycles. The van der Waals surface area contributed by atoms with Crippen LogP contribution in [-0.2, 0) is 16.1 Å². The minimum Gasteiger partial charge on any atom is -0.368 e. The van der Waals surface area contributed by atoms with Gasteiger partial charge in [0.25, 0.3) is 5.91 Å². The Morgan fingerprint density at radius 2 is 1.78 bits per heavy atom. The smallest absolute Gasteiger partial charge is 0.368 e. The van der Waals surface area contributed by atoms with Gasteiger partial charge in [-0.15, -0.1) is 0 Å². The fraction of sp³-hybridized carbons (Fsp3) is 0.524. The van der Waals surface area contributed by atoms with Crippen LogP contribution in [0.5, 0.6) is 0 Å². The number of alkyl halides is 3. The molecule has 2 rings (SSSR count). The number of fused-ring (bicyclic) bond motifs is 1. The Kier molecular flexibility index (Phi) is 7.87. The van der Waals surface area contributed by atoms with Crippen LogP contribution < -0.4 is 16.4 Å². The highest BCUT2D eigenvalue weighted by molar-refractivity contribution is 6.06. The topological polar surface area (TPSA) is 119 Å². The van der Waals surface area contributed by atoms with Crippen LogP contribution in [0.2, 0.25) is 0 Å². The molecule has 0 aliphatic rings. The summed E-state index contributed by atoms with van der Waals surface area (Å²) in [6.07, 6.45) is -4.90. The highest BCUT2D eigenvalue weighted by Gasteiger charge is 2.34. The maximum Gasteiger partial charge on any atom is 0.389 e. The number of aryl methyl sites for hydroxylation is 1. The van der Waals surface area contributed by atoms with Gasteiger partial charge in [-0.1, -0.05) is 39.0 Å². The lowest BCUT2D eigenvalue weighted by atomic mass is 9.86. The summed E-state index contributed by atoms with van der Waals surface area (Å²) in [5.41, 5.74) is 5.05. The van der Waals surface area contributed by atoms with Crippen molar-refractivity contribution in [2.45, 2.75) is 58.8 Å². The molecule has 0 unspecified atom stereocenters. The molecule has 11 heteroatoms. The molecule has 4 N–H and O–H groups in total. The second kappa shape index (κ2) is 10.0. The fourth-order valence-electron chi connectivity index (χ4n) is 3.20. The summed E-state index contributed by atoms with van der Waals surface area (Å²) in [4.78, 5) is 36.5. The van der Waals surface area contributed by atoms with Crippen LogP contribution in [0, 0.1) is 5.41 Å². The van der Waals surface area contributed by atoms with E-state index in [1.807, 2.05) is 0 Å². The van der Waals surface area contributed by atoms with E-state index in [4.69, 9.17) is 5.73 Å². The number of hydrogen-bond acceptors (Lipinski definition) is 4. The van der Waals surface area contributed by atoms with Crippen LogP contribution in [-0.4, -0.2) is 46.3 Å². The van der Waals surface area contributed by atoms with Crippen molar-refractivity contribution in [3.8, 4) is 0 Å². The fourth-order valence-corrected chi connectivity index (χ4v) is 3.20. The number of carbonyl (C=O) groups excluding carboxylic acids is 3. The van der Waals surface area contributed by atoms with E-state index in [1.165, 1.54) is 4.68 Å². The number of carbonyl (C=O) groups is 3. The van der Waals surface area contributed by atoms with Gasteiger partial charge in [0, 0.05) is 18.4 Å². The van der Waals surface area contributed by atoms with Crippen molar-refractivity contribution in [2.24, 2.45) is 11.1 Å². The second-order valence-corrected chi connectivity index (χ2v) is 8.62. The lowest BCUT2D eigenvalue weighted by Gasteiger charge is -2.30. The molecule has 0 bridgehead atoms. The number of nitrogens with two attached hydrogens (primary N) is 1. The van der Waals surface area contributed by atoms with Gasteiger partial charge in [-0.3, -0.25) is 19.1 Å². The third-order valence-electron chi connectivity index (χ3n) is 4.79. The van der Waals surface area contributed by atoms with Gasteiger partial charge in [-0.05, 0) is 24.3 Å². The zero-order valence-electron chi connectivity index (χ0n) is 18.3. The van der Waals surface area contributed by atoms with Crippen LogP contribution in [0.15, 0.2) is 24.3 Å². The van der Waals surface area contributed by atoms with Gasteiger partial charge in [0.05, 0.1) is 12.1 Å². The predicted molar refractivity (Wildman–Crippen MR) is 113 cm³/mol. The van der Waals surface area contributed by atoms with Gasteiger partial charge >= 0.3 is 6.18 Å². The molecule has 8 nitrogen and oxygen atoms in total. The van der Waals surface area contributed by atoms with Crippen LogP contribution in [0.4, 0.5) is 13.2 Å². The molecule has 1 aromatic heterocycles. The molecular weight excluding hydrogens is 427 g/mol. The summed E-state index contributed by atoms with van der Waals surface area (Å²) in [6, 6.07) is 5.89. The van der Waals surface area contributed by atoms with Crippen LogP contribution >= 0.6 is 0 Å². The number of rotatable bonds is 9. The number of aromatic nitrogens is 2. The van der Waals surface area contributed by atoms with Gasteiger partial charge in [-0.25, -0.2) is 0 Å². The van der Waals surface area contributed by atoms with E-state index in [2.05, 4.69) is 15.7 Å². The molecule has 1 aromatic carbocycles. The predicted octanol–water partition coefficient (Wildman–Crippen LogP) is 2.51. The zero-order chi connectivity index (χ0) is 24.1. The number of para-hydroxylation sites is 1. The van der Waals surface area contributed by atoms with E-state index < -0.39 is 41.8 Å². The van der Waals surface area contributed by atoms with Gasteiger partial charge in [0.1, 0.15) is 6.04 Å². The third kappa shape index (κ3) is 6.96. The average Bonchev–Trinajstić information content (AvgIpc) is 3.04.